The third kappa shape index (κ3) is 1.32. The van der Waals surface area contributed by atoms with Crippen LogP contribution in [0.25, 0.3) is 21.9 Å². The largest absolute Gasteiger partial charge is 0.507 e. The smallest absolute Gasteiger partial charge is 0.198 e. The van der Waals surface area contributed by atoms with Gasteiger partial charge in [-0.25, -0.2) is 0 Å². The lowest BCUT2D eigenvalue weighted by Crippen LogP contribution is -2.10. The quantitative estimate of drug-likeness (QED) is 0.518. The number of aromatic hydroxyl groups is 1. The topological polar surface area (TPSA) is 37.3 Å². The number of ketones is 1. The molecule has 1 N–H and O–H groups in total. The van der Waals surface area contributed by atoms with E-state index in [4.69, 9.17) is 11.6 Å². The first kappa shape index (κ1) is 11.5. The van der Waals surface area contributed by atoms with Crippen molar-refractivity contribution in [2.45, 2.75) is 0 Å². The molecule has 0 bridgehead atoms. The zero-order valence-corrected chi connectivity index (χ0v) is 11.1. The van der Waals surface area contributed by atoms with Crippen LogP contribution in [0.4, 0.5) is 0 Å². The van der Waals surface area contributed by atoms with E-state index in [2.05, 4.69) is 0 Å². The first-order chi connectivity index (χ1) is 9.68. The molecule has 0 spiro atoms. The molecule has 0 unspecified atom stereocenters. The van der Waals surface area contributed by atoms with Crippen molar-refractivity contribution in [1.29, 1.82) is 0 Å². The van der Waals surface area contributed by atoms with Gasteiger partial charge in [0, 0.05) is 21.5 Å². The van der Waals surface area contributed by atoms with Crippen molar-refractivity contribution in [1.82, 2.24) is 0 Å². The van der Waals surface area contributed by atoms with Crippen LogP contribution in [0.15, 0.2) is 48.5 Å². The van der Waals surface area contributed by atoms with Gasteiger partial charge in [0.1, 0.15) is 5.75 Å². The molecule has 0 atom stereocenters. The maximum Gasteiger partial charge on any atom is 0.198 e. The van der Waals surface area contributed by atoms with Crippen molar-refractivity contribution in [2.75, 3.05) is 0 Å². The minimum atomic E-state index is -0.177. The number of phenolic OH excluding ortho intramolecular Hbond substituents is 1. The van der Waals surface area contributed by atoms with Crippen molar-refractivity contribution in [2.24, 2.45) is 0 Å². The average Bonchev–Trinajstić information content (AvgIpc) is 2.45. The molecule has 0 amide bonds. The third-order valence-electron chi connectivity index (χ3n) is 3.78. The molecule has 3 heteroatoms. The summed E-state index contributed by atoms with van der Waals surface area (Å²) < 4.78 is 0. The summed E-state index contributed by atoms with van der Waals surface area (Å²) >= 11 is 6.28. The van der Waals surface area contributed by atoms with Gasteiger partial charge in [-0.05, 0) is 23.1 Å². The lowest BCUT2D eigenvalue weighted by molar-refractivity contribution is 0.103. The van der Waals surface area contributed by atoms with Gasteiger partial charge in [0.05, 0.1) is 5.56 Å². The molecule has 0 radical (unpaired) electrons. The maximum atomic E-state index is 12.6. The molecule has 0 aromatic heterocycles. The van der Waals surface area contributed by atoms with Gasteiger partial charge in [-0.1, -0.05) is 48.0 Å². The lowest BCUT2D eigenvalue weighted by Gasteiger charge is -2.21. The summed E-state index contributed by atoms with van der Waals surface area (Å²) in [5, 5.41) is 12.3. The molecular weight excluding hydrogens is 272 g/mol. The number of carbonyl (C=O) groups is 1. The van der Waals surface area contributed by atoms with E-state index >= 15 is 0 Å². The van der Waals surface area contributed by atoms with Crippen LogP contribution in [-0.4, -0.2) is 10.9 Å². The lowest BCUT2D eigenvalue weighted by atomic mass is 9.82. The fourth-order valence-corrected chi connectivity index (χ4v) is 3.20. The normalized spacial score (nSPS) is 12.6. The molecule has 3 aromatic rings. The van der Waals surface area contributed by atoms with E-state index < -0.39 is 0 Å². The predicted octanol–water partition coefficient (Wildman–Crippen LogP) is 4.41. The van der Waals surface area contributed by atoms with E-state index in [0.717, 1.165) is 21.9 Å². The number of carbonyl (C=O) groups excluding carboxylic acids is 1. The molecule has 0 saturated carbocycles. The Kier molecular flexibility index (Phi) is 2.21. The highest BCUT2D eigenvalue weighted by molar-refractivity contribution is 6.37. The molecule has 1 aliphatic carbocycles. The summed E-state index contributed by atoms with van der Waals surface area (Å²) in [5.74, 6) is -0.162. The first-order valence-electron chi connectivity index (χ1n) is 6.27. The molecular formula is C17H9ClO2. The predicted molar refractivity (Wildman–Crippen MR) is 79.5 cm³/mol. The molecule has 3 aromatic carbocycles. The van der Waals surface area contributed by atoms with Crippen molar-refractivity contribution >= 4 is 28.2 Å². The molecule has 0 heterocycles. The number of halogens is 1. The Morgan fingerprint density at radius 1 is 0.850 bits per heavy atom. The number of benzene rings is 3. The minimum absolute atomic E-state index is 0.0144. The van der Waals surface area contributed by atoms with E-state index in [9.17, 15) is 9.90 Å². The van der Waals surface area contributed by atoms with Crippen LogP contribution in [0.2, 0.25) is 5.02 Å². The van der Waals surface area contributed by atoms with Crippen LogP contribution >= 0.6 is 11.6 Å². The molecule has 0 aliphatic heterocycles. The van der Waals surface area contributed by atoms with E-state index in [-0.39, 0.29) is 11.5 Å². The Morgan fingerprint density at radius 3 is 2.45 bits per heavy atom. The van der Waals surface area contributed by atoms with Crippen LogP contribution in [0.3, 0.4) is 0 Å². The molecule has 1 aliphatic rings. The number of fused-ring (bicyclic) bond motifs is 2. The first-order valence-corrected chi connectivity index (χ1v) is 6.64. The second-order valence-electron chi connectivity index (χ2n) is 4.85. The Bertz CT molecular complexity index is 897. The van der Waals surface area contributed by atoms with Gasteiger partial charge in [0.15, 0.2) is 5.78 Å². The Labute approximate surface area is 120 Å². The van der Waals surface area contributed by atoms with Crippen LogP contribution in [0, 0.1) is 0 Å². The van der Waals surface area contributed by atoms with E-state index in [1.165, 1.54) is 0 Å². The van der Waals surface area contributed by atoms with Crippen molar-refractivity contribution in [3.05, 3.63) is 64.7 Å². The van der Waals surface area contributed by atoms with E-state index in [1.54, 1.807) is 24.3 Å². The van der Waals surface area contributed by atoms with Gasteiger partial charge >= 0.3 is 0 Å². The Balaban J connectivity index is 2.31. The van der Waals surface area contributed by atoms with Crippen LogP contribution < -0.4 is 0 Å². The van der Waals surface area contributed by atoms with Gasteiger partial charge in [0.2, 0.25) is 0 Å². The summed E-state index contributed by atoms with van der Waals surface area (Å²) in [6.45, 7) is 0. The van der Waals surface area contributed by atoms with Gasteiger partial charge in [0.25, 0.3) is 0 Å². The number of hydrogen-bond acceptors (Lipinski definition) is 2. The van der Waals surface area contributed by atoms with Crippen LogP contribution in [-0.2, 0) is 0 Å². The number of rotatable bonds is 0. The SMILES string of the molecule is O=C1c2cccc(Cl)c2-c2cccc3ccc(O)c1c23. The van der Waals surface area contributed by atoms with Crippen molar-refractivity contribution in [3.8, 4) is 16.9 Å². The van der Waals surface area contributed by atoms with Gasteiger partial charge in [-0.2, -0.15) is 0 Å². The summed E-state index contributed by atoms with van der Waals surface area (Å²) in [6.07, 6.45) is 0. The monoisotopic (exact) mass is 280 g/mol. The van der Waals surface area contributed by atoms with Crippen LogP contribution in [0.1, 0.15) is 15.9 Å². The number of phenols is 1. The van der Waals surface area contributed by atoms with Gasteiger partial charge < -0.3 is 5.11 Å². The fraction of sp³-hybridized carbons (Fsp3) is 0. The standard InChI is InChI=1S/C17H9ClO2/c18-12-6-2-5-11-15(12)10-4-1-3-9-7-8-13(19)16(14(9)10)17(11)20/h1-8,19H. The summed E-state index contributed by atoms with van der Waals surface area (Å²) in [7, 11) is 0. The average molecular weight is 281 g/mol. The molecule has 96 valence electrons. The molecule has 2 nitrogen and oxygen atoms in total. The van der Waals surface area contributed by atoms with Crippen LogP contribution in [0.5, 0.6) is 5.75 Å². The minimum Gasteiger partial charge on any atom is -0.507 e. The third-order valence-corrected chi connectivity index (χ3v) is 4.09. The molecule has 0 fully saturated rings. The number of hydrogen-bond donors (Lipinski definition) is 1. The summed E-state index contributed by atoms with van der Waals surface area (Å²) in [6, 6.07) is 14.4. The van der Waals surface area contributed by atoms with E-state index in [1.807, 2.05) is 24.3 Å². The zero-order valence-electron chi connectivity index (χ0n) is 10.4. The highest BCUT2D eigenvalue weighted by Crippen LogP contribution is 2.44. The zero-order chi connectivity index (χ0) is 13.9. The fourth-order valence-electron chi connectivity index (χ4n) is 2.93. The summed E-state index contributed by atoms with van der Waals surface area (Å²) in [5.41, 5.74) is 2.56. The highest BCUT2D eigenvalue weighted by atomic mass is 35.5. The molecule has 0 saturated heterocycles. The second-order valence-corrected chi connectivity index (χ2v) is 5.26. The molecule has 4 rings (SSSR count). The second kappa shape index (κ2) is 3.84. The van der Waals surface area contributed by atoms with Gasteiger partial charge in [-0.15, -0.1) is 0 Å². The molecule has 20 heavy (non-hydrogen) atoms. The van der Waals surface area contributed by atoms with Gasteiger partial charge in [-0.3, -0.25) is 4.79 Å². The Morgan fingerprint density at radius 2 is 1.60 bits per heavy atom. The summed E-state index contributed by atoms with van der Waals surface area (Å²) in [4.78, 5) is 12.6. The Hall–Kier alpha value is -2.32. The van der Waals surface area contributed by atoms with Crippen molar-refractivity contribution < 1.29 is 9.90 Å². The van der Waals surface area contributed by atoms with E-state index in [0.29, 0.717) is 16.1 Å². The highest BCUT2D eigenvalue weighted by Gasteiger charge is 2.28. The maximum absolute atomic E-state index is 12.6. The van der Waals surface area contributed by atoms with Crippen molar-refractivity contribution in [3.63, 3.8) is 0 Å².